The molecule has 2 N–H and O–H groups in total. The standard InChI is InChI=1S/C40H71N2O6P/c1-6-8-10-12-14-16-17-18-19-20-21-22-23-24-25-26-28-30-32-34-40(44)41-38(37-48-49(45,46)47-36-35-42(3,4)5)39(43)33-31-29-27-15-13-11-9-7-2/h8,10,14,16,18-19,21-22,24-25,31,33,38-39,43H,6-7,9,11-13,15,17,20,23,26-30,32,34-37H2,1-5H3,(H-,41,44,45,46)/b10-8-,16-14-,19-18-,22-21-,25-24-,33-31+. The minimum Gasteiger partial charge on any atom is -0.756 e. The summed E-state index contributed by atoms with van der Waals surface area (Å²) in [6, 6.07) is -0.904. The van der Waals surface area contributed by atoms with E-state index in [1.165, 1.54) is 25.7 Å². The van der Waals surface area contributed by atoms with E-state index in [-0.39, 0.29) is 12.5 Å². The summed E-state index contributed by atoms with van der Waals surface area (Å²) in [6.07, 6.45) is 41.0. The predicted molar refractivity (Wildman–Crippen MR) is 205 cm³/mol. The number of hydrogen-bond acceptors (Lipinski definition) is 6. The summed E-state index contributed by atoms with van der Waals surface area (Å²) < 4.78 is 23.0. The lowest BCUT2D eigenvalue weighted by Gasteiger charge is -2.29. The number of phosphoric ester groups is 1. The minimum atomic E-state index is -4.59. The number of nitrogens with zero attached hydrogens (tertiary/aromatic N) is 1. The lowest BCUT2D eigenvalue weighted by Crippen LogP contribution is -2.45. The van der Waals surface area contributed by atoms with Crippen LogP contribution in [0.3, 0.4) is 0 Å². The van der Waals surface area contributed by atoms with Crippen LogP contribution in [0.5, 0.6) is 0 Å². The van der Waals surface area contributed by atoms with E-state index < -0.39 is 26.6 Å². The number of rotatable bonds is 32. The molecule has 1 amide bonds. The molecule has 0 fully saturated rings. The van der Waals surface area contributed by atoms with E-state index in [2.05, 4.69) is 79.9 Å². The Morgan fingerprint density at radius 3 is 1.82 bits per heavy atom. The van der Waals surface area contributed by atoms with Crippen LogP contribution in [0, 0.1) is 0 Å². The minimum absolute atomic E-state index is 0.0123. The fraction of sp³-hybridized carbons (Fsp3) is 0.675. The predicted octanol–water partition coefficient (Wildman–Crippen LogP) is 9.05. The van der Waals surface area contributed by atoms with Gasteiger partial charge >= 0.3 is 0 Å². The molecule has 8 nitrogen and oxygen atoms in total. The van der Waals surface area contributed by atoms with Crippen LogP contribution in [0.2, 0.25) is 0 Å². The third-order valence-electron chi connectivity index (χ3n) is 7.67. The Bertz CT molecular complexity index is 1030. The van der Waals surface area contributed by atoms with Gasteiger partial charge in [0.1, 0.15) is 13.2 Å². The van der Waals surface area contributed by atoms with Gasteiger partial charge in [0.2, 0.25) is 5.91 Å². The molecule has 0 saturated carbocycles. The lowest BCUT2D eigenvalue weighted by molar-refractivity contribution is -0.870. The Morgan fingerprint density at radius 2 is 1.24 bits per heavy atom. The molecule has 0 spiro atoms. The van der Waals surface area contributed by atoms with E-state index in [9.17, 15) is 19.4 Å². The Hall–Kier alpha value is -2.06. The highest BCUT2D eigenvalue weighted by Gasteiger charge is 2.23. The fourth-order valence-corrected chi connectivity index (χ4v) is 5.37. The molecule has 0 aliphatic heterocycles. The Labute approximate surface area is 300 Å². The van der Waals surface area contributed by atoms with Crippen LogP contribution in [0.1, 0.15) is 123 Å². The summed E-state index contributed by atoms with van der Waals surface area (Å²) in [5.41, 5.74) is 0. The summed E-state index contributed by atoms with van der Waals surface area (Å²) in [6.45, 7) is 4.41. The number of carbonyl (C=O) groups is 1. The quantitative estimate of drug-likeness (QED) is 0.0313. The second-order valence-corrected chi connectivity index (χ2v) is 15.0. The van der Waals surface area contributed by atoms with Gasteiger partial charge in [-0.05, 0) is 64.2 Å². The highest BCUT2D eigenvalue weighted by molar-refractivity contribution is 7.45. The first kappa shape index (κ1) is 46.9. The third-order valence-corrected chi connectivity index (χ3v) is 8.64. The molecular weight excluding hydrogens is 635 g/mol. The molecule has 3 atom stereocenters. The molecule has 0 aliphatic rings. The summed E-state index contributed by atoms with van der Waals surface area (Å²) in [7, 11) is 1.22. The van der Waals surface area contributed by atoms with Crippen molar-refractivity contribution in [2.24, 2.45) is 0 Å². The van der Waals surface area contributed by atoms with Gasteiger partial charge in [-0.3, -0.25) is 9.36 Å². The molecule has 0 aromatic rings. The van der Waals surface area contributed by atoms with Gasteiger partial charge in [0.15, 0.2) is 0 Å². The summed E-state index contributed by atoms with van der Waals surface area (Å²) in [5.74, 6) is -0.237. The van der Waals surface area contributed by atoms with Crippen molar-refractivity contribution in [3.63, 3.8) is 0 Å². The summed E-state index contributed by atoms with van der Waals surface area (Å²) in [5, 5.41) is 13.6. The van der Waals surface area contributed by atoms with Crippen LogP contribution >= 0.6 is 7.82 Å². The van der Waals surface area contributed by atoms with Crippen LogP contribution in [-0.2, 0) is 18.4 Å². The molecule has 0 radical (unpaired) electrons. The largest absolute Gasteiger partial charge is 0.756 e. The Balaban J connectivity index is 4.52. The van der Waals surface area contributed by atoms with Crippen molar-refractivity contribution in [1.82, 2.24) is 5.32 Å². The number of aliphatic hydroxyl groups is 1. The first-order valence-electron chi connectivity index (χ1n) is 18.8. The molecule has 49 heavy (non-hydrogen) atoms. The van der Waals surface area contributed by atoms with E-state index in [1.54, 1.807) is 6.08 Å². The number of phosphoric acid groups is 1. The van der Waals surface area contributed by atoms with Gasteiger partial charge < -0.3 is 28.8 Å². The molecule has 0 bridgehead atoms. The van der Waals surface area contributed by atoms with Crippen molar-refractivity contribution in [3.05, 3.63) is 72.9 Å². The molecule has 282 valence electrons. The zero-order valence-corrected chi connectivity index (χ0v) is 32.5. The number of nitrogens with one attached hydrogen (secondary N) is 1. The first-order chi connectivity index (χ1) is 23.5. The maximum atomic E-state index is 12.7. The highest BCUT2D eigenvalue weighted by atomic mass is 31.2. The SMILES string of the molecule is CC/C=C\C/C=C\C/C=C\C/C=C\C/C=C\CCCCCC(=O)NC(COP(=O)([O-])OCC[N+](C)(C)C)C(O)/C=C/CCCCCCCC. The van der Waals surface area contributed by atoms with Gasteiger partial charge in [-0.2, -0.15) is 0 Å². The molecule has 0 aromatic carbocycles. The maximum Gasteiger partial charge on any atom is 0.268 e. The van der Waals surface area contributed by atoms with Crippen LogP contribution < -0.4 is 10.2 Å². The zero-order valence-electron chi connectivity index (χ0n) is 31.6. The van der Waals surface area contributed by atoms with E-state index in [0.29, 0.717) is 23.9 Å². The maximum absolute atomic E-state index is 12.7. The smallest absolute Gasteiger partial charge is 0.268 e. The van der Waals surface area contributed by atoms with Gasteiger partial charge in [0.05, 0.1) is 39.9 Å². The lowest BCUT2D eigenvalue weighted by atomic mass is 10.1. The number of carbonyl (C=O) groups excluding carboxylic acids is 1. The van der Waals surface area contributed by atoms with Gasteiger partial charge in [0, 0.05) is 6.42 Å². The number of likely N-dealkylation sites (N-methyl/N-ethyl adjacent to an activating group) is 1. The Kier molecular flexibility index (Phi) is 30.5. The molecular formula is C40H71N2O6P. The topological polar surface area (TPSA) is 108 Å². The normalized spacial score (nSPS) is 15.5. The van der Waals surface area contributed by atoms with E-state index in [0.717, 1.165) is 70.6 Å². The van der Waals surface area contributed by atoms with Crippen molar-refractivity contribution in [2.45, 2.75) is 135 Å². The Morgan fingerprint density at radius 1 is 0.735 bits per heavy atom. The number of amides is 1. The monoisotopic (exact) mass is 707 g/mol. The van der Waals surface area contributed by atoms with Crippen LogP contribution in [0.15, 0.2) is 72.9 Å². The fourth-order valence-electron chi connectivity index (χ4n) is 4.65. The second-order valence-electron chi connectivity index (χ2n) is 13.5. The van der Waals surface area contributed by atoms with Gasteiger partial charge in [-0.15, -0.1) is 0 Å². The second kappa shape index (κ2) is 31.9. The first-order valence-corrected chi connectivity index (χ1v) is 20.3. The molecule has 0 saturated heterocycles. The van der Waals surface area contributed by atoms with Crippen molar-refractivity contribution in [2.75, 3.05) is 40.9 Å². The molecule has 3 unspecified atom stereocenters. The molecule has 0 heterocycles. The van der Waals surface area contributed by atoms with E-state index >= 15 is 0 Å². The average molecular weight is 707 g/mol. The highest BCUT2D eigenvalue weighted by Crippen LogP contribution is 2.38. The van der Waals surface area contributed by atoms with Crippen molar-refractivity contribution < 1.29 is 32.9 Å². The van der Waals surface area contributed by atoms with Crippen molar-refractivity contribution in [1.29, 1.82) is 0 Å². The number of hydrogen-bond donors (Lipinski definition) is 2. The summed E-state index contributed by atoms with van der Waals surface area (Å²) in [4.78, 5) is 25.1. The van der Waals surface area contributed by atoms with E-state index in [4.69, 9.17) is 9.05 Å². The van der Waals surface area contributed by atoms with Crippen LogP contribution in [-0.4, -0.2) is 68.5 Å². The molecule has 9 heteroatoms. The number of quaternary nitrogens is 1. The van der Waals surface area contributed by atoms with Gasteiger partial charge in [-0.1, -0.05) is 125 Å². The average Bonchev–Trinajstić information content (AvgIpc) is 3.04. The number of allylic oxidation sites excluding steroid dienone is 11. The molecule has 0 aliphatic carbocycles. The number of unbranched alkanes of at least 4 members (excludes halogenated alkanes) is 9. The van der Waals surface area contributed by atoms with Gasteiger partial charge in [0.25, 0.3) is 7.82 Å². The summed E-state index contributed by atoms with van der Waals surface area (Å²) >= 11 is 0. The molecule has 0 rings (SSSR count). The van der Waals surface area contributed by atoms with Gasteiger partial charge in [-0.25, -0.2) is 0 Å². The third kappa shape index (κ3) is 34.2. The number of aliphatic hydroxyl groups excluding tert-OH is 1. The van der Waals surface area contributed by atoms with Crippen LogP contribution in [0.25, 0.3) is 0 Å². The van der Waals surface area contributed by atoms with Crippen molar-refractivity contribution >= 4 is 13.7 Å². The zero-order chi connectivity index (χ0) is 36.5. The van der Waals surface area contributed by atoms with E-state index in [1.807, 2.05) is 27.2 Å². The van der Waals surface area contributed by atoms with Crippen LogP contribution in [0.4, 0.5) is 0 Å². The molecule has 0 aromatic heterocycles. The van der Waals surface area contributed by atoms with Crippen molar-refractivity contribution in [3.8, 4) is 0 Å².